The Kier molecular flexibility index (Phi) is 4.74. The van der Waals surface area contributed by atoms with E-state index >= 15 is 0 Å². The molecular formula is C14H16N4O2S. The maximum atomic E-state index is 12.2. The van der Waals surface area contributed by atoms with Gasteiger partial charge in [-0.15, -0.1) is 10.2 Å². The van der Waals surface area contributed by atoms with E-state index in [1.807, 2.05) is 7.05 Å². The van der Waals surface area contributed by atoms with E-state index in [1.165, 1.54) is 18.7 Å². The van der Waals surface area contributed by atoms with Crippen LogP contribution in [0.25, 0.3) is 0 Å². The summed E-state index contributed by atoms with van der Waals surface area (Å²) in [5, 5.41) is 10.8. The van der Waals surface area contributed by atoms with Gasteiger partial charge >= 0.3 is 0 Å². The molecular weight excluding hydrogens is 288 g/mol. The van der Waals surface area contributed by atoms with Gasteiger partial charge in [0.05, 0.1) is 10.9 Å². The number of carbonyl (C=O) groups excluding carboxylic acids is 2. The van der Waals surface area contributed by atoms with Crippen molar-refractivity contribution < 1.29 is 9.59 Å². The highest BCUT2D eigenvalue weighted by Crippen LogP contribution is 2.22. The Morgan fingerprint density at radius 1 is 1.33 bits per heavy atom. The Balaban J connectivity index is 2.08. The molecule has 2 aromatic rings. The quantitative estimate of drug-likeness (QED) is 0.676. The molecule has 1 N–H and O–H groups in total. The van der Waals surface area contributed by atoms with Gasteiger partial charge in [-0.05, 0) is 26.0 Å². The molecule has 0 aliphatic carbocycles. The summed E-state index contributed by atoms with van der Waals surface area (Å²) in [4.78, 5) is 23.8. The summed E-state index contributed by atoms with van der Waals surface area (Å²) in [5.41, 5.74) is 1.03. The van der Waals surface area contributed by atoms with Crippen LogP contribution in [0.4, 0.5) is 5.69 Å². The van der Waals surface area contributed by atoms with Gasteiger partial charge in [0.2, 0.25) is 5.91 Å². The summed E-state index contributed by atoms with van der Waals surface area (Å²) < 4.78 is 1.75. The average Bonchev–Trinajstić information content (AvgIpc) is 2.84. The lowest BCUT2D eigenvalue weighted by Gasteiger charge is -2.13. The second-order valence-electron chi connectivity index (χ2n) is 4.58. The number of ketones is 1. The second-order valence-corrected chi connectivity index (χ2v) is 5.88. The summed E-state index contributed by atoms with van der Waals surface area (Å²) in [7, 11) is 1.82. The number of amides is 1. The largest absolute Gasteiger partial charge is 0.324 e. The van der Waals surface area contributed by atoms with Crippen LogP contribution in [0.5, 0.6) is 0 Å². The van der Waals surface area contributed by atoms with E-state index in [-0.39, 0.29) is 16.9 Å². The van der Waals surface area contributed by atoms with E-state index in [4.69, 9.17) is 0 Å². The highest BCUT2D eigenvalue weighted by molar-refractivity contribution is 8.00. The molecule has 110 valence electrons. The van der Waals surface area contributed by atoms with Crippen molar-refractivity contribution in [3.63, 3.8) is 0 Å². The molecule has 0 aliphatic heterocycles. The predicted octanol–water partition coefficient (Wildman–Crippen LogP) is 2.14. The normalized spacial score (nSPS) is 12.0. The number of rotatable bonds is 5. The Morgan fingerprint density at radius 2 is 2.05 bits per heavy atom. The molecule has 0 saturated heterocycles. The first-order valence-electron chi connectivity index (χ1n) is 6.40. The zero-order valence-corrected chi connectivity index (χ0v) is 12.8. The van der Waals surface area contributed by atoms with Gasteiger partial charge in [-0.3, -0.25) is 9.59 Å². The molecule has 1 heterocycles. The van der Waals surface area contributed by atoms with Crippen LogP contribution in [0.2, 0.25) is 0 Å². The van der Waals surface area contributed by atoms with Gasteiger partial charge in [-0.1, -0.05) is 23.9 Å². The average molecular weight is 304 g/mol. The van der Waals surface area contributed by atoms with Gasteiger partial charge in [0.25, 0.3) is 0 Å². The number of aromatic nitrogens is 3. The van der Waals surface area contributed by atoms with Crippen molar-refractivity contribution in [2.45, 2.75) is 24.3 Å². The Hall–Kier alpha value is -2.15. The van der Waals surface area contributed by atoms with Crippen molar-refractivity contribution in [1.29, 1.82) is 0 Å². The number of nitrogens with zero attached hydrogens (tertiary/aromatic N) is 3. The first-order chi connectivity index (χ1) is 9.99. The smallest absolute Gasteiger partial charge is 0.237 e. The molecule has 0 bridgehead atoms. The summed E-state index contributed by atoms with van der Waals surface area (Å²) in [6.45, 7) is 3.26. The van der Waals surface area contributed by atoms with Crippen LogP contribution in [0.15, 0.2) is 35.7 Å². The van der Waals surface area contributed by atoms with E-state index in [9.17, 15) is 9.59 Å². The standard InChI is InChI=1S/C14H16N4O2S/c1-9(19)11-6-4-5-7-12(11)16-13(20)10(2)21-14-17-15-8-18(14)3/h4-8,10H,1-3H3,(H,16,20)/t10-/m1/s1. The van der Waals surface area contributed by atoms with Crippen LogP contribution in [0.3, 0.4) is 0 Å². The second kappa shape index (κ2) is 6.53. The number of benzene rings is 1. The van der Waals surface area contributed by atoms with Gasteiger partial charge in [0.1, 0.15) is 6.33 Å². The zero-order valence-electron chi connectivity index (χ0n) is 12.0. The summed E-state index contributed by atoms with van der Waals surface area (Å²) in [5.74, 6) is -0.267. The fraction of sp³-hybridized carbons (Fsp3) is 0.286. The third kappa shape index (κ3) is 3.69. The molecule has 2 rings (SSSR count). The lowest BCUT2D eigenvalue weighted by Crippen LogP contribution is -2.23. The molecule has 1 aromatic heterocycles. The van der Waals surface area contributed by atoms with Gasteiger partial charge in [0.15, 0.2) is 10.9 Å². The fourth-order valence-corrected chi connectivity index (χ4v) is 2.51. The minimum Gasteiger partial charge on any atom is -0.324 e. The van der Waals surface area contributed by atoms with Crippen molar-refractivity contribution in [3.8, 4) is 0 Å². The number of anilines is 1. The Bertz CT molecular complexity index is 668. The molecule has 0 radical (unpaired) electrons. The molecule has 0 aliphatic rings. The van der Waals surface area contributed by atoms with E-state index in [0.29, 0.717) is 16.4 Å². The van der Waals surface area contributed by atoms with Crippen molar-refractivity contribution in [2.75, 3.05) is 5.32 Å². The van der Waals surface area contributed by atoms with Crippen LogP contribution in [0, 0.1) is 0 Å². The molecule has 7 heteroatoms. The highest BCUT2D eigenvalue weighted by Gasteiger charge is 2.18. The molecule has 0 spiro atoms. The Labute approximate surface area is 127 Å². The van der Waals surface area contributed by atoms with E-state index in [1.54, 1.807) is 42.1 Å². The molecule has 1 aromatic carbocycles. The van der Waals surface area contributed by atoms with Crippen molar-refractivity contribution in [1.82, 2.24) is 14.8 Å². The maximum Gasteiger partial charge on any atom is 0.237 e. The lowest BCUT2D eigenvalue weighted by molar-refractivity contribution is -0.115. The molecule has 1 atom stereocenters. The van der Waals surface area contributed by atoms with Crippen molar-refractivity contribution in [2.24, 2.45) is 7.05 Å². The molecule has 0 unspecified atom stereocenters. The van der Waals surface area contributed by atoms with Gasteiger partial charge in [0, 0.05) is 12.6 Å². The van der Waals surface area contributed by atoms with Crippen LogP contribution in [0.1, 0.15) is 24.2 Å². The summed E-state index contributed by atoms with van der Waals surface area (Å²) in [6.07, 6.45) is 1.58. The number of nitrogens with one attached hydrogen (secondary N) is 1. The maximum absolute atomic E-state index is 12.2. The topological polar surface area (TPSA) is 76.9 Å². The van der Waals surface area contributed by atoms with E-state index in [2.05, 4.69) is 15.5 Å². The van der Waals surface area contributed by atoms with E-state index in [0.717, 1.165) is 0 Å². The number of hydrogen-bond donors (Lipinski definition) is 1. The van der Waals surface area contributed by atoms with Gasteiger partial charge in [-0.25, -0.2) is 0 Å². The number of Topliss-reactive ketones (excluding diaryl/α,β-unsaturated/α-hetero) is 1. The summed E-state index contributed by atoms with van der Waals surface area (Å²) >= 11 is 1.31. The number of hydrogen-bond acceptors (Lipinski definition) is 5. The molecule has 0 saturated carbocycles. The summed E-state index contributed by atoms with van der Waals surface area (Å²) in [6, 6.07) is 6.96. The monoisotopic (exact) mass is 304 g/mol. The number of para-hydroxylation sites is 1. The minimum atomic E-state index is -0.354. The van der Waals surface area contributed by atoms with E-state index < -0.39 is 0 Å². The minimum absolute atomic E-state index is 0.0838. The van der Waals surface area contributed by atoms with Gasteiger partial charge < -0.3 is 9.88 Å². The van der Waals surface area contributed by atoms with Crippen molar-refractivity contribution >= 4 is 29.1 Å². The lowest BCUT2D eigenvalue weighted by atomic mass is 10.1. The van der Waals surface area contributed by atoms with Crippen LogP contribution in [-0.2, 0) is 11.8 Å². The van der Waals surface area contributed by atoms with Gasteiger partial charge in [-0.2, -0.15) is 0 Å². The van der Waals surface area contributed by atoms with Crippen LogP contribution < -0.4 is 5.32 Å². The third-order valence-corrected chi connectivity index (χ3v) is 4.03. The first-order valence-corrected chi connectivity index (χ1v) is 7.28. The zero-order chi connectivity index (χ0) is 15.4. The van der Waals surface area contributed by atoms with Crippen LogP contribution >= 0.6 is 11.8 Å². The van der Waals surface area contributed by atoms with Crippen LogP contribution in [-0.4, -0.2) is 31.7 Å². The number of thioether (sulfide) groups is 1. The first kappa shape index (κ1) is 15.2. The molecule has 1 amide bonds. The molecule has 21 heavy (non-hydrogen) atoms. The third-order valence-electron chi connectivity index (χ3n) is 2.89. The SMILES string of the molecule is CC(=O)c1ccccc1NC(=O)[C@@H](C)Sc1nncn1C. The predicted molar refractivity (Wildman–Crippen MR) is 81.4 cm³/mol. The number of carbonyl (C=O) groups is 2. The molecule has 0 fully saturated rings. The number of aryl methyl sites for hydroxylation is 1. The van der Waals surface area contributed by atoms with Crippen molar-refractivity contribution in [3.05, 3.63) is 36.2 Å². The Morgan fingerprint density at radius 3 is 2.67 bits per heavy atom. The molecule has 6 nitrogen and oxygen atoms in total. The fourth-order valence-electron chi connectivity index (χ4n) is 1.72. The highest BCUT2D eigenvalue weighted by atomic mass is 32.2.